The summed E-state index contributed by atoms with van der Waals surface area (Å²) in [7, 11) is 0. The molecule has 0 saturated heterocycles. The maximum atomic E-state index is 13.1. The summed E-state index contributed by atoms with van der Waals surface area (Å²) in [6, 6.07) is 9.08. The fourth-order valence-corrected chi connectivity index (χ4v) is 1.87. The summed E-state index contributed by atoms with van der Waals surface area (Å²) in [5.41, 5.74) is 7.22. The van der Waals surface area contributed by atoms with Crippen LogP contribution in [0.15, 0.2) is 36.4 Å². The van der Waals surface area contributed by atoms with Gasteiger partial charge in [-0.05, 0) is 42.8 Å². The van der Waals surface area contributed by atoms with Gasteiger partial charge in [-0.2, -0.15) is 0 Å². The molecule has 2 aromatic rings. The van der Waals surface area contributed by atoms with Crippen LogP contribution in [0.3, 0.4) is 0 Å². The van der Waals surface area contributed by atoms with Gasteiger partial charge in [0.25, 0.3) is 5.91 Å². The van der Waals surface area contributed by atoms with Gasteiger partial charge in [-0.1, -0.05) is 17.7 Å². The normalized spacial score (nSPS) is 10.3. The van der Waals surface area contributed by atoms with E-state index in [1.54, 1.807) is 25.1 Å². The van der Waals surface area contributed by atoms with Crippen LogP contribution in [0.1, 0.15) is 15.9 Å². The van der Waals surface area contributed by atoms with Crippen LogP contribution in [0.5, 0.6) is 0 Å². The highest BCUT2D eigenvalue weighted by molar-refractivity contribution is 6.34. The quantitative estimate of drug-likeness (QED) is 0.824. The number of benzene rings is 2. The number of nitrogens with two attached hydrogens (primary N) is 1. The van der Waals surface area contributed by atoms with Crippen molar-refractivity contribution < 1.29 is 9.18 Å². The minimum Gasteiger partial charge on any atom is -0.397 e. The van der Waals surface area contributed by atoms with E-state index in [1.165, 1.54) is 18.2 Å². The first-order valence-corrected chi connectivity index (χ1v) is 5.98. The van der Waals surface area contributed by atoms with Crippen molar-refractivity contribution in [2.24, 2.45) is 0 Å². The Morgan fingerprint density at radius 1 is 1.32 bits per heavy atom. The number of hydrogen-bond donors (Lipinski definition) is 2. The number of nitrogens with one attached hydrogen (secondary N) is 1. The predicted molar refractivity (Wildman–Crippen MR) is 75.0 cm³/mol. The minimum absolute atomic E-state index is 0.346. The van der Waals surface area contributed by atoms with Crippen molar-refractivity contribution in [3.8, 4) is 0 Å². The molecule has 98 valence electrons. The maximum Gasteiger partial charge on any atom is 0.255 e. The monoisotopic (exact) mass is 278 g/mol. The molecule has 19 heavy (non-hydrogen) atoms. The van der Waals surface area contributed by atoms with Crippen molar-refractivity contribution >= 4 is 28.9 Å². The maximum absolute atomic E-state index is 13.1. The summed E-state index contributed by atoms with van der Waals surface area (Å²) < 4.78 is 13.1. The zero-order valence-electron chi connectivity index (χ0n) is 10.2. The highest BCUT2D eigenvalue weighted by Gasteiger charge is 2.11. The third-order valence-corrected chi connectivity index (χ3v) is 3.02. The smallest absolute Gasteiger partial charge is 0.255 e. The van der Waals surface area contributed by atoms with Gasteiger partial charge in [0, 0.05) is 5.56 Å². The summed E-state index contributed by atoms with van der Waals surface area (Å²) >= 11 is 5.96. The molecule has 0 unspecified atom stereocenters. The van der Waals surface area contributed by atoms with Gasteiger partial charge < -0.3 is 11.1 Å². The molecule has 3 nitrogen and oxygen atoms in total. The molecule has 5 heteroatoms. The highest BCUT2D eigenvalue weighted by Crippen LogP contribution is 2.28. The number of nitrogen functional groups attached to an aromatic ring is 1. The molecule has 0 bridgehead atoms. The Kier molecular flexibility index (Phi) is 3.71. The first-order chi connectivity index (χ1) is 8.99. The van der Waals surface area contributed by atoms with Crippen LogP contribution in [0.25, 0.3) is 0 Å². The van der Waals surface area contributed by atoms with Gasteiger partial charge >= 0.3 is 0 Å². The number of carbonyl (C=O) groups excluding carboxylic acids is 1. The van der Waals surface area contributed by atoms with Gasteiger partial charge in [0.2, 0.25) is 0 Å². The molecular formula is C14H12ClFN2O. The van der Waals surface area contributed by atoms with Crippen molar-refractivity contribution in [2.75, 3.05) is 11.1 Å². The molecule has 1 amide bonds. The van der Waals surface area contributed by atoms with E-state index >= 15 is 0 Å². The molecule has 0 saturated carbocycles. The lowest BCUT2D eigenvalue weighted by Crippen LogP contribution is -2.14. The second-order valence-corrected chi connectivity index (χ2v) is 4.53. The zero-order chi connectivity index (χ0) is 14.0. The Balaban J connectivity index is 2.28. The molecule has 0 aliphatic heterocycles. The molecule has 2 rings (SSSR count). The molecular weight excluding hydrogens is 267 g/mol. The molecule has 0 aliphatic rings. The molecule has 3 N–H and O–H groups in total. The van der Waals surface area contributed by atoms with E-state index in [0.29, 0.717) is 27.5 Å². The number of anilines is 2. The fourth-order valence-electron chi connectivity index (χ4n) is 1.64. The lowest BCUT2D eigenvalue weighted by atomic mass is 10.1. The molecule has 0 heterocycles. The third-order valence-electron chi connectivity index (χ3n) is 2.70. The number of amides is 1. The summed E-state index contributed by atoms with van der Waals surface area (Å²) in [5, 5.41) is 2.98. The van der Waals surface area contributed by atoms with Gasteiger partial charge in [0.1, 0.15) is 5.82 Å². The fraction of sp³-hybridized carbons (Fsp3) is 0.0714. The average molecular weight is 279 g/mol. The first kappa shape index (κ1) is 13.4. The predicted octanol–water partition coefficient (Wildman–Crippen LogP) is 3.62. The van der Waals surface area contributed by atoms with E-state index in [-0.39, 0.29) is 11.7 Å². The van der Waals surface area contributed by atoms with Gasteiger partial charge in [-0.15, -0.1) is 0 Å². The Bertz CT molecular complexity index is 623. The molecule has 0 fully saturated rings. The van der Waals surface area contributed by atoms with E-state index in [0.717, 1.165) is 0 Å². The van der Waals surface area contributed by atoms with Crippen LogP contribution in [-0.4, -0.2) is 5.91 Å². The SMILES string of the molecule is Cc1cc(C(=O)Nc2c(N)cccc2Cl)ccc1F. The Morgan fingerprint density at radius 3 is 2.68 bits per heavy atom. The van der Waals surface area contributed by atoms with E-state index in [2.05, 4.69) is 5.32 Å². The van der Waals surface area contributed by atoms with Crippen molar-refractivity contribution in [2.45, 2.75) is 6.92 Å². The molecule has 0 aliphatic carbocycles. The van der Waals surface area contributed by atoms with Crippen LogP contribution >= 0.6 is 11.6 Å². The number of aryl methyl sites for hydroxylation is 1. The van der Waals surface area contributed by atoms with Crippen molar-refractivity contribution in [3.05, 3.63) is 58.4 Å². The molecule has 0 atom stereocenters. The van der Waals surface area contributed by atoms with Gasteiger partial charge in [0.15, 0.2) is 0 Å². The van der Waals surface area contributed by atoms with E-state index in [1.807, 2.05) is 0 Å². The number of para-hydroxylation sites is 1. The van der Waals surface area contributed by atoms with Gasteiger partial charge in [-0.25, -0.2) is 4.39 Å². The van der Waals surface area contributed by atoms with Crippen LogP contribution in [-0.2, 0) is 0 Å². The molecule has 0 spiro atoms. The second-order valence-electron chi connectivity index (χ2n) is 4.12. The summed E-state index contributed by atoms with van der Waals surface area (Å²) in [4.78, 5) is 12.0. The number of rotatable bonds is 2. The van der Waals surface area contributed by atoms with Crippen molar-refractivity contribution in [3.63, 3.8) is 0 Å². The van der Waals surface area contributed by atoms with E-state index in [4.69, 9.17) is 17.3 Å². The zero-order valence-corrected chi connectivity index (χ0v) is 11.0. The number of halogens is 2. The van der Waals surface area contributed by atoms with Gasteiger partial charge in [0.05, 0.1) is 16.4 Å². The lowest BCUT2D eigenvalue weighted by Gasteiger charge is -2.10. The van der Waals surface area contributed by atoms with Crippen LogP contribution in [0, 0.1) is 12.7 Å². The van der Waals surface area contributed by atoms with Crippen molar-refractivity contribution in [1.82, 2.24) is 0 Å². The Labute approximate surface area is 115 Å². The average Bonchev–Trinajstić information content (AvgIpc) is 2.37. The molecule has 2 aromatic carbocycles. The van der Waals surface area contributed by atoms with E-state index < -0.39 is 0 Å². The van der Waals surface area contributed by atoms with Crippen LogP contribution in [0.2, 0.25) is 5.02 Å². The standard InChI is InChI=1S/C14H12ClFN2O/c1-8-7-9(5-6-11(8)16)14(19)18-13-10(15)3-2-4-12(13)17/h2-7H,17H2,1H3,(H,18,19). The summed E-state index contributed by atoms with van der Waals surface area (Å²) in [6.07, 6.45) is 0. The van der Waals surface area contributed by atoms with E-state index in [9.17, 15) is 9.18 Å². The largest absolute Gasteiger partial charge is 0.397 e. The minimum atomic E-state index is -0.386. The Hall–Kier alpha value is -2.07. The molecule has 0 aromatic heterocycles. The topological polar surface area (TPSA) is 55.1 Å². The first-order valence-electron chi connectivity index (χ1n) is 5.60. The second kappa shape index (κ2) is 5.28. The lowest BCUT2D eigenvalue weighted by molar-refractivity contribution is 0.102. The summed E-state index contributed by atoms with van der Waals surface area (Å²) in [6.45, 7) is 1.59. The number of hydrogen-bond acceptors (Lipinski definition) is 2. The van der Waals surface area contributed by atoms with Crippen molar-refractivity contribution in [1.29, 1.82) is 0 Å². The van der Waals surface area contributed by atoms with Gasteiger partial charge in [-0.3, -0.25) is 4.79 Å². The molecule has 0 radical (unpaired) electrons. The highest BCUT2D eigenvalue weighted by atomic mass is 35.5. The third kappa shape index (κ3) is 2.85. The van der Waals surface area contributed by atoms with Crippen LogP contribution in [0.4, 0.5) is 15.8 Å². The summed E-state index contributed by atoms with van der Waals surface area (Å²) in [5.74, 6) is -0.739. The van der Waals surface area contributed by atoms with Crippen LogP contribution < -0.4 is 11.1 Å². The number of carbonyl (C=O) groups is 1. The Morgan fingerprint density at radius 2 is 2.05 bits per heavy atom.